The van der Waals surface area contributed by atoms with Crippen molar-refractivity contribution in [2.45, 2.75) is 6.92 Å². The molecule has 0 saturated carbocycles. The van der Waals surface area contributed by atoms with Gasteiger partial charge in [0, 0.05) is 18.8 Å². The molecule has 2 heterocycles. The lowest BCUT2D eigenvalue weighted by Gasteiger charge is -1.91. The van der Waals surface area contributed by atoms with Crippen LogP contribution in [-0.2, 0) is 7.05 Å². The molecule has 3 heteroatoms. The molecule has 0 aliphatic heterocycles. The van der Waals surface area contributed by atoms with Gasteiger partial charge in [-0.25, -0.2) is 4.52 Å². The predicted molar refractivity (Wildman–Crippen MR) is 38.9 cm³/mol. The van der Waals surface area contributed by atoms with Crippen LogP contribution in [0.15, 0.2) is 18.5 Å². The van der Waals surface area contributed by atoms with Crippen molar-refractivity contribution < 1.29 is 0 Å². The van der Waals surface area contributed by atoms with Crippen LogP contribution in [0.5, 0.6) is 0 Å². The van der Waals surface area contributed by atoms with E-state index in [4.69, 9.17) is 0 Å². The summed E-state index contributed by atoms with van der Waals surface area (Å²) >= 11 is 0. The average Bonchev–Trinajstić information content (AvgIpc) is 2.41. The molecule has 0 atom stereocenters. The summed E-state index contributed by atoms with van der Waals surface area (Å²) in [5, 5.41) is 4.10. The van der Waals surface area contributed by atoms with Gasteiger partial charge < -0.3 is 4.57 Å². The van der Waals surface area contributed by atoms with Crippen LogP contribution >= 0.6 is 0 Å². The zero-order valence-corrected chi connectivity index (χ0v) is 6.07. The number of rotatable bonds is 0. The summed E-state index contributed by atoms with van der Waals surface area (Å²) in [6.07, 6.45) is 3.81. The molecule has 2 aromatic rings. The SMILES string of the molecule is Cc1cn2nccc2n1C. The molecule has 3 nitrogen and oxygen atoms in total. The second-order valence-electron chi connectivity index (χ2n) is 2.46. The third-order valence-electron chi connectivity index (χ3n) is 1.83. The molecule has 52 valence electrons. The molecule has 0 spiro atoms. The molecule has 0 aliphatic carbocycles. The van der Waals surface area contributed by atoms with Crippen LogP contribution in [0.2, 0.25) is 0 Å². The van der Waals surface area contributed by atoms with E-state index in [-0.39, 0.29) is 0 Å². The summed E-state index contributed by atoms with van der Waals surface area (Å²) < 4.78 is 3.97. The predicted octanol–water partition coefficient (Wildman–Crippen LogP) is 0.981. The Kier molecular flexibility index (Phi) is 0.897. The number of imidazole rings is 1. The van der Waals surface area contributed by atoms with Gasteiger partial charge in [-0.3, -0.25) is 0 Å². The fourth-order valence-electron chi connectivity index (χ4n) is 1.12. The monoisotopic (exact) mass is 135 g/mol. The van der Waals surface area contributed by atoms with E-state index in [0.717, 1.165) is 5.65 Å². The average molecular weight is 135 g/mol. The number of aryl methyl sites for hydroxylation is 2. The summed E-state index contributed by atoms with van der Waals surface area (Å²) in [6, 6.07) is 1.99. The van der Waals surface area contributed by atoms with Crippen molar-refractivity contribution in [3.05, 3.63) is 24.2 Å². The molecule has 2 aromatic heterocycles. The van der Waals surface area contributed by atoms with E-state index in [0.29, 0.717) is 0 Å². The first-order valence-electron chi connectivity index (χ1n) is 3.25. The van der Waals surface area contributed by atoms with E-state index in [1.807, 2.05) is 23.8 Å². The molecular formula is C7H9N3. The number of fused-ring (bicyclic) bond motifs is 1. The maximum absolute atomic E-state index is 4.10. The third-order valence-corrected chi connectivity index (χ3v) is 1.83. The Morgan fingerprint density at radius 3 is 3.00 bits per heavy atom. The van der Waals surface area contributed by atoms with Gasteiger partial charge in [0.05, 0.1) is 12.4 Å². The first-order valence-corrected chi connectivity index (χ1v) is 3.25. The molecule has 0 aliphatic rings. The Morgan fingerprint density at radius 2 is 2.30 bits per heavy atom. The lowest BCUT2D eigenvalue weighted by molar-refractivity contribution is 0.905. The minimum absolute atomic E-state index is 1.14. The number of hydrogen-bond acceptors (Lipinski definition) is 1. The van der Waals surface area contributed by atoms with Crippen molar-refractivity contribution in [2.75, 3.05) is 0 Å². The Hall–Kier alpha value is -1.25. The summed E-state index contributed by atoms with van der Waals surface area (Å²) in [4.78, 5) is 0. The quantitative estimate of drug-likeness (QED) is 0.528. The van der Waals surface area contributed by atoms with E-state index in [1.54, 1.807) is 6.20 Å². The molecule has 10 heavy (non-hydrogen) atoms. The third kappa shape index (κ3) is 0.518. The van der Waals surface area contributed by atoms with Gasteiger partial charge in [0.25, 0.3) is 0 Å². The summed E-state index contributed by atoms with van der Waals surface area (Å²) in [5.74, 6) is 0. The normalized spacial score (nSPS) is 11.0. The standard InChI is InChI=1S/C7H9N3/c1-6-5-10-7(9(6)2)3-4-8-10/h3-5H,1-2H3. The van der Waals surface area contributed by atoms with Gasteiger partial charge >= 0.3 is 0 Å². The molecule has 0 unspecified atom stereocenters. The molecule has 0 aromatic carbocycles. The van der Waals surface area contributed by atoms with Crippen LogP contribution in [0.25, 0.3) is 5.65 Å². The largest absolute Gasteiger partial charge is 0.332 e. The highest BCUT2D eigenvalue weighted by Crippen LogP contribution is 2.05. The second kappa shape index (κ2) is 1.62. The van der Waals surface area contributed by atoms with Gasteiger partial charge in [0.15, 0.2) is 0 Å². The minimum atomic E-state index is 1.14. The highest BCUT2D eigenvalue weighted by Gasteiger charge is 1.99. The molecule has 2 rings (SSSR count). The van der Waals surface area contributed by atoms with E-state index in [2.05, 4.69) is 16.6 Å². The van der Waals surface area contributed by atoms with Crippen molar-refractivity contribution in [2.24, 2.45) is 7.05 Å². The van der Waals surface area contributed by atoms with Crippen molar-refractivity contribution >= 4 is 5.65 Å². The molecule has 0 fully saturated rings. The number of aromatic nitrogens is 3. The van der Waals surface area contributed by atoms with Crippen molar-refractivity contribution in [3.63, 3.8) is 0 Å². The van der Waals surface area contributed by atoms with Crippen LogP contribution in [0, 0.1) is 6.92 Å². The van der Waals surface area contributed by atoms with Crippen molar-refractivity contribution in [3.8, 4) is 0 Å². The molecule has 0 amide bonds. The van der Waals surface area contributed by atoms with Crippen molar-refractivity contribution in [1.29, 1.82) is 0 Å². The van der Waals surface area contributed by atoms with Crippen LogP contribution < -0.4 is 0 Å². The van der Waals surface area contributed by atoms with Gasteiger partial charge in [-0.1, -0.05) is 0 Å². The van der Waals surface area contributed by atoms with Crippen LogP contribution in [0.1, 0.15) is 5.69 Å². The molecule has 0 saturated heterocycles. The van der Waals surface area contributed by atoms with Crippen LogP contribution in [0.3, 0.4) is 0 Å². The lowest BCUT2D eigenvalue weighted by atomic mass is 10.5. The summed E-state index contributed by atoms with van der Waals surface area (Å²) in [7, 11) is 2.03. The van der Waals surface area contributed by atoms with E-state index in [9.17, 15) is 0 Å². The molecule has 0 bridgehead atoms. The number of nitrogens with zero attached hydrogens (tertiary/aromatic N) is 3. The van der Waals surface area contributed by atoms with Gasteiger partial charge in [-0.15, -0.1) is 0 Å². The molecule has 0 radical (unpaired) electrons. The fourth-order valence-corrected chi connectivity index (χ4v) is 1.12. The summed E-state index contributed by atoms with van der Waals surface area (Å²) in [5.41, 5.74) is 2.36. The van der Waals surface area contributed by atoms with Crippen LogP contribution in [-0.4, -0.2) is 14.2 Å². The maximum Gasteiger partial charge on any atom is 0.135 e. The lowest BCUT2D eigenvalue weighted by Crippen LogP contribution is -1.88. The zero-order valence-electron chi connectivity index (χ0n) is 6.07. The molecule has 0 N–H and O–H groups in total. The first-order chi connectivity index (χ1) is 4.79. The highest BCUT2D eigenvalue weighted by atomic mass is 15.3. The van der Waals surface area contributed by atoms with Gasteiger partial charge in [-0.05, 0) is 6.92 Å². The van der Waals surface area contributed by atoms with Crippen molar-refractivity contribution in [1.82, 2.24) is 14.2 Å². The first kappa shape index (κ1) is 5.53. The minimum Gasteiger partial charge on any atom is -0.332 e. The Bertz CT molecular complexity index is 356. The van der Waals surface area contributed by atoms with Gasteiger partial charge in [0.1, 0.15) is 5.65 Å². The van der Waals surface area contributed by atoms with Crippen LogP contribution in [0.4, 0.5) is 0 Å². The smallest absolute Gasteiger partial charge is 0.135 e. The van der Waals surface area contributed by atoms with Gasteiger partial charge in [0.2, 0.25) is 0 Å². The Balaban J connectivity index is 2.95. The maximum atomic E-state index is 4.10. The number of hydrogen-bond donors (Lipinski definition) is 0. The van der Waals surface area contributed by atoms with E-state index >= 15 is 0 Å². The second-order valence-corrected chi connectivity index (χ2v) is 2.46. The highest BCUT2D eigenvalue weighted by molar-refractivity contribution is 5.39. The Morgan fingerprint density at radius 1 is 1.50 bits per heavy atom. The Labute approximate surface area is 58.9 Å². The summed E-state index contributed by atoms with van der Waals surface area (Å²) in [6.45, 7) is 2.06. The van der Waals surface area contributed by atoms with E-state index < -0.39 is 0 Å². The zero-order chi connectivity index (χ0) is 7.14. The fraction of sp³-hybridized carbons (Fsp3) is 0.286. The van der Waals surface area contributed by atoms with Gasteiger partial charge in [-0.2, -0.15) is 5.10 Å². The topological polar surface area (TPSA) is 22.2 Å². The molecular weight excluding hydrogens is 126 g/mol. The van der Waals surface area contributed by atoms with E-state index in [1.165, 1.54) is 5.69 Å².